The summed E-state index contributed by atoms with van der Waals surface area (Å²) in [5.41, 5.74) is 1.23. The molecule has 2 N–H and O–H groups in total. The van der Waals surface area contributed by atoms with Crippen LogP contribution in [-0.4, -0.2) is 19.6 Å². The highest BCUT2D eigenvalue weighted by molar-refractivity contribution is 9.10. The molecule has 0 amide bonds. The molecular formula is C14H22BrNO3S. The van der Waals surface area contributed by atoms with Crippen LogP contribution in [0.2, 0.25) is 0 Å². The first-order chi connectivity index (χ1) is 9.35. The van der Waals surface area contributed by atoms with Crippen LogP contribution in [0.3, 0.4) is 0 Å². The van der Waals surface area contributed by atoms with E-state index in [9.17, 15) is 13.5 Å². The Hall–Kier alpha value is -0.430. The van der Waals surface area contributed by atoms with E-state index in [2.05, 4.69) is 20.7 Å². The molecule has 114 valence electrons. The summed E-state index contributed by atoms with van der Waals surface area (Å²) in [4.78, 5) is 0.227. The van der Waals surface area contributed by atoms with E-state index in [4.69, 9.17) is 0 Å². The van der Waals surface area contributed by atoms with E-state index in [0.717, 1.165) is 19.3 Å². The van der Waals surface area contributed by atoms with Crippen LogP contribution in [0.15, 0.2) is 21.5 Å². The molecule has 1 unspecified atom stereocenters. The highest BCUT2D eigenvalue weighted by atomic mass is 79.9. The first-order valence-electron chi connectivity index (χ1n) is 6.77. The summed E-state index contributed by atoms with van der Waals surface area (Å²) in [6, 6.07) is 3.21. The summed E-state index contributed by atoms with van der Waals surface area (Å²) in [6.45, 7) is 5.56. The number of aliphatic hydroxyl groups is 1. The van der Waals surface area contributed by atoms with Crippen molar-refractivity contribution >= 4 is 26.0 Å². The SMILES string of the molecule is CCCC(CC)NS(=O)(=O)c1cc(CO)cc(Br)c1C. The minimum absolute atomic E-state index is 0.0547. The number of aliphatic hydroxyl groups excluding tert-OH is 1. The van der Waals surface area contributed by atoms with E-state index in [1.807, 2.05) is 13.8 Å². The largest absolute Gasteiger partial charge is 0.392 e. The summed E-state index contributed by atoms with van der Waals surface area (Å²) in [5.74, 6) is 0. The maximum Gasteiger partial charge on any atom is 0.241 e. The molecule has 20 heavy (non-hydrogen) atoms. The molecule has 1 aromatic rings. The molecule has 0 aliphatic heterocycles. The Balaban J connectivity index is 3.18. The first-order valence-corrected chi connectivity index (χ1v) is 9.05. The van der Waals surface area contributed by atoms with E-state index in [-0.39, 0.29) is 17.5 Å². The second-order valence-corrected chi connectivity index (χ2v) is 7.41. The van der Waals surface area contributed by atoms with Crippen molar-refractivity contribution in [2.45, 2.75) is 57.6 Å². The Bertz CT molecular complexity index is 558. The molecular weight excluding hydrogens is 342 g/mol. The number of halogens is 1. The van der Waals surface area contributed by atoms with E-state index in [1.165, 1.54) is 6.07 Å². The lowest BCUT2D eigenvalue weighted by Crippen LogP contribution is -2.34. The van der Waals surface area contributed by atoms with Crippen molar-refractivity contribution in [3.8, 4) is 0 Å². The monoisotopic (exact) mass is 363 g/mol. The second-order valence-electron chi connectivity index (χ2n) is 4.87. The topological polar surface area (TPSA) is 66.4 Å². The molecule has 1 rings (SSSR count). The summed E-state index contributed by atoms with van der Waals surface area (Å²) in [7, 11) is -3.57. The summed E-state index contributed by atoms with van der Waals surface area (Å²) < 4.78 is 28.4. The molecule has 0 aromatic heterocycles. The van der Waals surface area contributed by atoms with Gasteiger partial charge in [-0.3, -0.25) is 0 Å². The third kappa shape index (κ3) is 4.28. The number of rotatable bonds is 7. The van der Waals surface area contributed by atoms with Gasteiger partial charge in [0.25, 0.3) is 0 Å². The average Bonchev–Trinajstić information content (AvgIpc) is 2.40. The highest BCUT2D eigenvalue weighted by Crippen LogP contribution is 2.26. The lowest BCUT2D eigenvalue weighted by Gasteiger charge is -2.18. The normalized spacial score (nSPS) is 13.4. The van der Waals surface area contributed by atoms with Crippen LogP contribution in [0.1, 0.15) is 44.2 Å². The molecule has 6 heteroatoms. The molecule has 0 saturated carbocycles. The Morgan fingerprint density at radius 3 is 2.50 bits per heavy atom. The van der Waals surface area contributed by atoms with Gasteiger partial charge in [0.05, 0.1) is 11.5 Å². The van der Waals surface area contributed by atoms with Gasteiger partial charge in [0, 0.05) is 10.5 Å². The lowest BCUT2D eigenvalue weighted by atomic mass is 10.1. The Morgan fingerprint density at radius 1 is 1.35 bits per heavy atom. The molecule has 1 atom stereocenters. The molecule has 0 heterocycles. The predicted octanol–water partition coefficient (Wildman–Crippen LogP) is 3.11. The maximum atomic E-state index is 12.5. The Morgan fingerprint density at radius 2 is 2.00 bits per heavy atom. The predicted molar refractivity (Wildman–Crippen MR) is 84.1 cm³/mol. The van der Waals surface area contributed by atoms with E-state index in [1.54, 1.807) is 13.0 Å². The van der Waals surface area contributed by atoms with Gasteiger partial charge in [-0.05, 0) is 43.0 Å². The number of sulfonamides is 1. The van der Waals surface area contributed by atoms with Crippen LogP contribution in [0.5, 0.6) is 0 Å². The van der Waals surface area contributed by atoms with E-state index in [0.29, 0.717) is 15.6 Å². The average molecular weight is 364 g/mol. The minimum atomic E-state index is -3.57. The maximum absolute atomic E-state index is 12.5. The van der Waals surface area contributed by atoms with Gasteiger partial charge in [0.2, 0.25) is 10.0 Å². The molecule has 0 spiro atoms. The molecule has 4 nitrogen and oxygen atoms in total. The fourth-order valence-electron chi connectivity index (χ4n) is 2.06. The van der Waals surface area contributed by atoms with Crippen molar-refractivity contribution in [2.75, 3.05) is 0 Å². The van der Waals surface area contributed by atoms with Crippen molar-refractivity contribution in [1.82, 2.24) is 4.72 Å². The van der Waals surface area contributed by atoms with Crippen LogP contribution in [-0.2, 0) is 16.6 Å². The smallest absolute Gasteiger partial charge is 0.241 e. The van der Waals surface area contributed by atoms with Gasteiger partial charge >= 0.3 is 0 Å². The van der Waals surface area contributed by atoms with Crippen molar-refractivity contribution in [2.24, 2.45) is 0 Å². The van der Waals surface area contributed by atoms with Crippen LogP contribution < -0.4 is 4.72 Å². The number of hydrogen-bond acceptors (Lipinski definition) is 3. The third-order valence-electron chi connectivity index (χ3n) is 3.28. The van der Waals surface area contributed by atoms with Gasteiger partial charge in [0.15, 0.2) is 0 Å². The van der Waals surface area contributed by atoms with Gasteiger partial charge in [0.1, 0.15) is 0 Å². The van der Waals surface area contributed by atoms with Crippen LogP contribution in [0.4, 0.5) is 0 Å². The zero-order valence-electron chi connectivity index (χ0n) is 12.1. The zero-order valence-corrected chi connectivity index (χ0v) is 14.5. The van der Waals surface area contributed by atoms with Gasteiger partial charge in [-0.1, -0.05) is 36.2 Å². The van der Waals surface area contributed by atoms with Crippen LogP contribution in [0.25, 0.3) is 0 Å². The summed E-state index contributed by atoms with van der Waals surface area (Å²) in [5, 5.41) is 9.22. The summed E-state index contributed by atoms with van der Waals surface area (Å²) >= 11 is 3.34. The lowest BCUT2D eigenvalue weighted by molar-refractivity contribution is 0.281. The summed E-state index contributed by atoms with van der Waals surface area (Å²) in [6.07, 6.45) is 2.50. The van der Waals surface area contributed by atoms with Gasteiger partial charge in [-0.25, -0.2) is 13.1 Å². The standard InChI is InChI=1S/C14H22BrNO3S/c1-4-6-12(5-2)16-20(18,19)14-8-11(9-17)7-13(15)10(14)3/h7-8,12,16-17H,4-6,9H2,1-3H3. The van der Waals surface area contributed by atoms with Crippen molar-refractivity contribution in [3.05, 3.63) is 27.7 Å². The highest BCUT2D eigenvalue weighted by Gasteiger charge is 2.22. The molecule has 1 aromatic carbocycles. The fraction of sp³-hybridized carbons (Fsp3) is 0.571. The minimum Gasteiger partial charge on any atom is -0.392 e. The second kappa shape index (κ2) is 7.54. The molecule has 0 bridgehead atoms. The van der Waals surface area contributed by atoms with E-state index >= 15 is 0 Å². The molecule has 0 radical (unpaired) electrons. The number of benzene rings is 1. The van der Waals surface area contributed by atoms with Gasteiger partial charge < -0.3 is 5.11 Å². The van der Waals surface area contributed by atoms with Crippen molar-refractivity contribution in [3.63, 3.8) is 0 Å². The van der Waals surface area contributed by atoms with Crippen molar-refractivity contribution in [1.29, 1.82) is 0 Å². The van der Waals surface area contributed by atoms with Crippen LogP contribution >= 0.6 is 15.9 Å². The number of hydrogen-bond donors (Lipinski definition) is 2. The van der Waals surface area contributed by atoms with Crippen LogP contribution in [0, 0.1) is 6.92 Å². The fourth-order valence-corrected chi connectivity index (χ4v) is 4.36. The van der Waals surface area contributed by atoms with Crippen molar-refractivity contribution < 1.29 is 13.5 Å². The molecule has 0 saturated heterocycles. The zero-order chi connectivity index (χ0) is 15.3. The molecule has 0 fully saturated rings. The quantitative estimate of drug-likeness (QED) is 0.781. The number of nitrogens with one attached hydrogen (secondary N) is 1. The third-order valence-corrected chi connectivity index (χ3v) is 5.75. The van der Waals surface area contributed by atoms with Gasteiger partial charge in [-0.15, -0.1) is 0 Å². The van der Waals surface area contributed by atoms with E-state index < -0.39 is 10.0 Å². The Labute approximate surface area is 129 Å². The first kappa shape index (κ1) is 17.6. The van der Waals surface area contributed by atoms with Gasteiger partial charge in [-0.2, -0.15) is 0 Å². The molecule has 0 aliphatic carbocycles. The molecule has 0 aliphatic rings. The Kier molecular flexibility index (Phi) is 6.64.